The second-order valence-corrected chi connectivity index (χ2v) is 3.31. The number of nitrogens with zero attached hydrogens (tertiary/aromatic N) is 2. The number of aromatic nitrogens is 1. The Bertz CT molecular complexity index is 334. The van der Waals surface area contributed by atoms with E-state index in [1.54, 1.807) is 6.07 Å². The van der Waals surface area contributed by atoms with Crippen molar-refractivity contribution in [3.8, 4) is 0 Å². The molecule has 0 spiro atoms. The molecule has 4 heteroatoms. The fourth-order valence-electron chi connectivity index (χ4n) is 1.27. The van der Waals surface area contributed by atoms with Crippen LogP contribution >= 0.6 is 0 Å². The maximum absolute atomic E-state index is 10.4. The number of aryl methyl sites for hydroxylation is 1. The minimum Gasteiger partial charge on any atom is -0.258 e. The zero-order chi connectivity index (χ0) is 10.0. The molecule has 4 nitrogen and oxygen atoms in total. The Labute approximate surface area is 76.8 Å². The molecular weight excluding hydrogens is 168 g/mol. The van der Waals surface area contributed by atoms with Crippen molar-refractivity contribution in [3.05, 3.63) is 33.6 Å². The van der Waals surface area contributed by atoms with E-state index in [-0.39, 0.29) is 5.69 Å². The molecule has 0 amide bonds. The summed E-state index contributed by atoms with van der Waals surface area (Å²) >= 11 is 0. The Balaban J connectivity index is 3.13. The van der Waals surface area contributed by atoms with Gasteiger partial charge in [0.1, 0.15) is 6.20 Å². The number of nitro groups is 1. The number of hydrogen-bond donors (Lipinski definition) is 0. The van der Waals surface area contributed by atoms with Gasteiger partial charge >= 0.3 is 0 Å². The Hall–Kier alpha value is -1.45. The molecule has 0 radical (unpaired) electrons. The summed E-state index contributed by atoms with van der Waals surface area (Å²) in [4.78, 5) is 14.0. The van der Waals surface area contributed by atoms with Crippen LogP contribution in [0.25, 0.3) is 0 Å². The topological polar surface area (TPSA) is 56.0 Å². The summed E-state index contributed by atoms with van der Waals surface area (Å²) in [5.74, 6) is 0.306. The smallest absolute Gasteiger partial charge is 0.258 e. The van der Waals surface area contributed by atoms with Crippen molar-refractivity contribution in [3.63, 3.8) is 0 Å². The van der Waals surface area contributed by atoms with Crippen LogP contribution < -0.4 is 0 Å². The van der Waals surface area contributed by atoms with E-state index >= 15 is 0 Å². The van der Waals surface area contributed by atoms with Gasteiger partial charge in [-0.25, -0.2) is 0 Å². The van der Waals surface area contributed by atoms with Crippen LogP contribution in [0.4, 0.5) is 5.69 Å². The molecule has 1 aromatic heterocycles. The van der Waals surface area contributed by atoms with Crippen LogP contribution in [0.2, 0.25) is 0 Å². The molecule has 1 aromatic rings. The molecule has 1 rings (SSSR count). The third kappa shape index (κ3) is 2.02. The predicted molar refractivity (Wildman–Crippen MR) is 49.7 cm³/mol. The molecule has 0 unspecified atom stereocenters. The molecule has 0 aromatic carbocycles. The maximum atomic E-state index is 10.4. The van der Waals surface area contributed by atoms with Gasteiger partial charge in [-0.2, -0.15) is 0 Å². The first kappa shape index (κ1) is 9.64. The largest absolute Gasteiger partial charge is 0.287 e. The molecule has 0 aliphatic rings. The maximum Gasteiger partial charge on any atom is 0.287 e. The first-order valence-corrected chi connectivity index (χ1v) is 4.13. The fourth-order valence-corrected chi connectivity index (χ4v) is 1.27. The van der Waals surface area contributed by atoms with E-state index < -0.39 is 4.92 Å². The lowest BCUT2D eigenvalue weighted by Crippen LogP contribution is -1.98. The highest BCUT2D eigenvalue weighted by molar-refractivity contribution is 5.34. The third-order valence-electron chi connectivity index (χ3n) is 1.86. The summed E-state index contributed by atoms with van der Waals surface area (Å²) in [5.41, 5.74) is 1.86. The molecule has 0 aliphatic heterocycles. The van der Waals surface area contributed by atoms with Gasteiger partial charge in [0.2, 0.25) is 0 Å². The second-order valence-electron chi connectivity index (χ2n) is 3.31. The minimum atomic E-state index is -0.426. The molecule has 0 bridgehead atoms. The predicted octanol–water partition coefficient (Wildman–Crippen LogP) is 2.42. The van der Waals surface area contributed by atoms with Crippen molar-refractivity contribution in [1.29, 1.82) is 0 Å². The third-order valence-corrected chi connectivity index (χ3v) is 1.86. The van der Waals surface area contributed by atoms with Crippen molar-refractivity contribution in [2.24, 2.45) is 0 Å². The van der Waals surface area contributed by atoms with Crippen molar-refractivity contribution in [2.75, 3.05) is 0 Å². The highest BCUT2D eigenvalue weighted by Gasteiger charge is 2.10. The van der Waals surface area contributed by atoms with Crippen LogP contribution in [-0.4, -0.2) is 9.91 Å². The molecule has 1 heterocycles. The Kier molecular flexibility index (Phi) is 2.60. The van der Waals surface area contributed by atoms with Gasteiger partial charge in [0, 0.05) is 11.8 Å². The van der Waals surface area contributed by atoms with E-state index in [1.165, 1.54) is 6.20 Å². The monoisotopic (exact) mass is 180 g/mol. The zero-order valence-corrected chi connectivity index (χ0v) is 7.94. The molecule has 0 saturated heterocycles. The van der Waals surface area contributed by atoms with E-state index in [0.29, 0.717) is 5.92 Å². The Morgan fingerprint density at radius 3 is 2.54 bits per heavy atom. The molecule has 0 fully saturated rings. The summed E-state index contributed by atoms with van der Waals surface area (Å²) in [6.45, 7) is 5.87. The van der Waals surface area contributed by atoms with Gasteiger partial charge in [0.05, 0.1) is 4.92 Å². The summed E-state index contributed by atoms with van der Waals surface area (Å²) < 4.78 is 0. The van der Waals surface area contributed by atoms with Crippen molar-refractivity contribution >= 4 is 5.69 Å². The molecule has 0 atom stereocenters. The normalized spacial score (nSPS) is 10.5. The average molecular weight is 180 g/mol. The first-order chi connectivity index (χ1) is 6.02. The second kappa shape index (κ2) is 3.51. The van der Waals surface area contributed by atoms with Gasteiger partial charge < -0.3 is 0 Å². The summed E-state index contributed by atoms with van der Waals surface area (Å²) in [7, 11) is 0. The van der Waals surface area contributed by atoms with Gasteiger partial charge in [-0.05, 0) is 18.4 Å². The number of pyridine rings is 1. The number of rotatable bonds is 2. The quantitative estimate of drug-likeness (QED) is 0.518. The summed E-state index contributed by atoms with van der Waals surface area (Å²) in [6, 6.07) is 1.56. The molecule has 13 heavy (non-hydrogen) atoms. The van der Waals surface area contributed by atoms with Crippen molar-refractivity contribution in [2.45, 2.75) is 26.7 Å². The van der Waals surface area contributed by atoms with E-state index in [9.17, 15) is 10.1 Å². The first-order valence-electron chi connectivity index (χ1n) is 4.13. The SMILES string of the molecule is Cc1cc([N+](=O)[O-])cnc1C(C)C. The van der Waals surface area contributed by atoms with Crippen LogP contribution in [0.5, 0.6) is 0 Å². The van der Waals surface area contributed by atoms with Gasteiger partial charge in [0.25, 0.3) is 5.69 Å². The van der Waals surface area contributed by atoms with Crippen LogP contribution in [0.1, 0.15) is 31.0 Å². The van der Waals surface area contributed by atoms with Crippen LogP contribution in [-0.2, 0) is 0 Å². The number of hydrogen-bond acceptors (Lipinski definition) is 3. The molecule has 70 valence electrons. The lowest BCUT2D eigenvalue weighted by molar-refractivity contribution is -0.385. The fraction of sp³-hybridized carbons (Fsp3) is 0.444. The Morgan fingerprint density at radius 1 is 1.54 bits per heavy atom. The average Bonchev–Trinajstić information content (AvgIpc) is 2.03. The molecular formula is C9H12N2O2. The van der Waals surface area contributed by atoms with Gasteiger partial charge in [-0.3, -0.25) is 15.1 Å². The lowest BCUT2D eigenvalue weighted by Gasteiger charge is -2.06. The Morgan fingerprint density at radius 2 is 2.15 bits per heavy atom. The standard InChI is InChI=1S/C9H12N2O2/c1-6(2)9-7(3)4-8(5-10-9)11(12)13/h4-6H,1-3H3. The van der Waals surface area contributed by atoms with Gasteiger partial charge in [-0.15, -0.1) is 0 Å². The highest BCUT2D eigenvalue weighted by Crippen LogP contribution is 2.20. The van der Waals surface area contributed by atoms with Crippen LogP contribution in [0.3, 0.4) is 0 Å². The van der Waals surface area contributed by atoms with Crippen molar-refractivity contribution in [1.82, 2.24) is 4.98 Å². The van der Waals surface area contributed by atoms with Gasteiger partial charge in [0.15, 0.2) is 0 Å². The van der Waals surface area contributed by atoms with E-state index in [4.69, 9.17) is 0 Å². The van der Waals surface area contributed by atoms with Crippen LogP contribution in [0, 0.1) is 17.0 Å². The minimum absolute atomic E-state index is 0.0573. The zero-order valence-electron chi connectivity index (χ0n) is 7.94. The highest BCUT2D eigenvalue weighted by atomic mass is 16.6. The van der Waals surface area contributed by atoms with Crippen molar-refractivity contribution < 1.29 is 4.92 Å². The van der Waals surface area contributed by atoms with E-state index in [0.717, 1.165) is 11.3 Å². The molecule has 0 aliphatic carbocycles. The summed E-state index contributed by atoms with van der Waals surface area (Å²) in [5, 5.41) is 10.4. The molecule has 0 saturated carbocycles. The summed E-state index contributed by atoms with van der Waals surface area (Å²) in [6.07, 6.45) is 1.31. The molecule has 0 N–H and O–H groups in total. The van der Waals surface area contributed by atoms with Gasteiger partial charge in [-0.1, -0.05) is 13.8 Å². The lowest BCUT2D eigenvalue weighted by atomic mass is 10.0. The van der Waals surface area contributed by atoms with Crippen LogP contribution in [0.15, 0.2) is 12.3 Å². The van der Waals surface area contributed by atoms with E-state index in [2.05, 4.69) is 4.98 Å². The van der Waals surface area contributed by atoms with E-state index in [1.807, 2.05) is 20.8 Å².